The third kappa shape index (κ3) is 3.98. The van der Waals surface area contributed by atoms with E-state index in [0.29, 0.717) is 6.42 Å². The van der Waals surface area contributed by atoms with Crippen molar-refractivity contribution in [3.63, 3.8) is 0 Å². The number of aliphatic hydroxyl groups is 1. The minimum Gasteiger partial charge on any atom is -0.385 e. The lowest BCUT2D eigenvalue weighted by Crippen LogP contribution is -2.51. The van der Waals surface area contributed by atoms with Gasteiger partial charge in [0.25, 0.3) is 0 Å². The zero-order chi connectivity index (χ0) is 20.3. The van der Waals surface area contributed by atoms with Crippen LogP contribution in [0.3, 0.4) is 0 Å². The third-order valence-electron chi connectivity index (χ3n) is 6.22. The lowest BCUT2D eigenvalue weighted by molar-refractivity contribution is -0.0850. The molecule has 2 nitrogen and oxygen atoms in total. The minimum absolute atomic E-state index is 0.00423. The van der Waals surface area contributed by atoms with Crippen molar-refractivity contribution in [2.45, 2.75) is 43.9 Å². The Bertz CT molecular complexity index is 912. The van der Waals surface area contributed by atoms with Crippen LogP contribution in [0.4, 0.5) is 4.39 Å². The van der Waals surface area contributed by atoms with E-state index < -0.39 is 5.60 Å². The molecule has 4 atom stereocenters. The molecule has 3 aromatic carbocycles. The Morgan fingerprint density at radius 1 is 0.897 bits per heavy atom. The Morgan fingerprint density at radius 3 is 2.07 bits per heavy atom. The third-order valence-corrected chi connectivity index (χ3v) is 6.22. The molecule has 0 spiro atoms. The fourth-order valence-electron chi connectivity index (χ4n) is 4.81. The highest BCUT2D eigenvalue weighted by Crippen LogP contribution is 2.50. The monoisotopic (exact) mass is 389 g/mol. The summed E-state index contributed by atoms with van der Waals surface area (Å²) in [4.78, 5) is 0. The molecule has 150 valence electrons. The smallest absolute Gasteiger partial charge is 0.123 e. The summed E-state index contributed by atoms with van der Waals surface area (Å²) in [5.41, 5.74) is 2.08. The normalized spacial score (nSPS) is 26.9. The van der Waals surface area contributed by atoms with Gasteiger partial charge in [-0.2, -0.15) is 0 Å². The standard InChI is InChI=1S/C26H28FNO/c1-2-9-23-25(20-12-7-4-8-13-20)28-24(19-10-5-3-6-11-19)18-26(23,29)21-14-16-22(27)17-15-21/h3-8,10-17,23-25,28-29H,2,9,18H2,1H3/t23-,24-,25+,26-/m1/s1. The van der Waals surface area contributed by atoms with Crippen LogP contribution in [0.15, 0.2) is 84.9 Å². The van der Waals surface area contributed by atoms with E-state index in [2.05, 4.69) is 36.5 Å². The second-order valence-electron chi connectivity index (χ2n) is 8.05. The van der Waals surface area contributed by atoms with Crippen LogP contribution in [-0.2, 0) is 5.60 Å². The fraction of sp³-hybridized carbons (Fsp3) is 0.308. The number of hydrogen-bond donors (Lipinski definition) is 2. The first-order chi connectivity index (χ1) is 14.1. The maximum Gasteiger partial charge on any atom is 0.123 e. The molecule has 3 aromatic rings. The maximum absolute atomic E-state index is 13.6. The highest BCUT2D eigenvalue weighted by Gasteiger charge is 2.48. The van der Waals surface area contributed by atoms with Crippen molar-refractivity contribution >= 4 is 0 Å². The van der Waals surface area contributed by atoms with Crippen LogP contribution in [0, 0.1) is 11.7 Å². The summed E-state index contributed by atoms with van der Waals surface area (Å²) < 4.78 is 13.6. The summed E-state index contributed by atoms with van der Waals surface area (Å²) in [7, 11) is 0. The van der Waals surface area contributed by atoms with Crippen LogP contribution < -0.4 is 5.32 Å². The predicted molar refractivity (Wildman–Crippen MR) is 115 cm³/mol. The predicted octanol–water partition coefficient (Wildman–Crippen LogP) is 5.91. The van der Waals surface area contributed by atoms with Gasteiger partial charge in [-0.25, -0.2) is 4.39 Å². The van der Waals surface area contributed by atoms with Gasteiger partial charge in [0.1, 0.15) is 5.82 Å². The van der Waals surface area contributed by atoms with E-state index in [0.717, 1.165) is 24.0 Å². The van der Waals surface area contributed by atoms with Crippen LogP contribution in [0.25, 0.3) is 0 Å². The van der Waals surface area contributed by atoms with Gasteiger partial charge >= 0.3 is 0 Å². The van der Waals surface area contributed by atoms with E-state index in [4.69, 9.17) is 0 Å². The quantitative estimate of drug-likeness (QED) is 0.569. The summed E-state index contributed by atoms with van der Waals surface area (Å²) in [5, 5.41) is 15.9. The largest absolute Gasteiger partial charge is 0.385 e. The van der Waals surface area contributed by atoms with Crippen LogP contribution in [0.2, 0.25) is 0 Å². The first-order valence-electron chi connectivity index (χ1n) is 10.5. The minimum atomic E-state index is -1.05. The van der Waals surface area contributed by atoms with Crippen molar-refractivity contribution in [1.82, 2.24) is 5.32 Å². The van der Waals surface area contributed by atoms with E-state index in [1.165, 1.54) is 17.7 Å². The molecular weight excluding hydrogens is 361 g/mol. The number of halogens is 1. The lowest BCUT2D eigenvalue weighted by atomic mass is 9.66. The Morgan fingerprint density at radius 2 is 1.48 bits per heavy atom. The van der Waals surface area contributed by atoms with Crippen molar-refractivity contribution in [3.05, 3.63) is 107 Å². The van der Waals surface area contributed by atoms with Crippen LogP contribution in [-0.4, -0.2) is 5.11 Å². The average molecular weight is 390 g/mol. The van der Waals surface area contributed by atoms with Gasteiger partial charge in [0.15, 0.2) is 0 Å². The Balaban J connectivity index is 1.82. The van der Waals surface area contributed by atoms with Gasteiger partial charge in [-0.3, -0.25) is 0 Å². The first-order valence-corrected chi connectivity index (χ1v) is 10.5. The van der Waals surface area contributed by atoms with Gasteiger partial charge in [0.05, 0.1) is 5.60 Å². The van der Waals surface area contributed by atoms with Gasteiger partial charge in [-0.1, -0.05) is 86.1 Å². The van der Waals surface area contributed by atoms with E-state index in [9.17, 15) is 9.50 Å². The molecule has 0 aromatic heterocycles. The molecule has 0 aliphatic carbocycles. The number of benzene rings is 3. The second kappa shape index (κ2) is 8.48. The number of piperidine rings is 1. The van der Waals surface area contributed by atoms with Crippen molar-refractivity contribution in [1.29, 1.82) is 0 Å². The molecular formula is C26H28FNO. The zero-order valence-corrected chi connectivity index (χ0v) is 16.8. The van der Waals surface area contributed by atoms with Crippen LogP contribution in [0.5, 0.6) is 0 Å². The van der Waals surface area contributed by atoms with E-state index in [-0.39, 0.29) is 23.8 Å². The molecule has 0 bridgehead atoms. The van der Waals surface area contributed by atoms with E-state index in [1.807, 2.05) is 36.4 Å². The molecule has 0 unspecified atom stereocenters. The Hall–Kier alpha value is -2.49. The summed E-state index contributed by atoms with van der Waals surface area (Å²) in [6.45, 7) is 2.15. The summed E-state index contributed by atoms with van der Waals surface area (Å²) >= 11 is 0. The molecule has 3 heteroatoms. The highest BCUT2D eigenvalue weighted by atomic mass is 19.1. The molecule has 1 aliphatic rings. The summed E-state index contributed by atoms with van der Waals surface area (Å²) in [6, 6.07) is 27.0. The molecule has 29 heavy (non-hydrogen) atoms. The van der Waals surface area contributed by atoms with Crippen LogP contribution in [0.1, 0.15) is 55.0 Å². The molecule has 1 fully saturated rings. The van der Waals surface area contributed by atoms with E-state index >= 15 is 0 Å². The highest BCUT2D eigenvalue weighted by molar-refractivity contribution is 5.32. The molecule has 1 aliphatic heterocycles. The van der Waals surface area contributed by atoms with Gasteiger partial charge in [0.2, 0.25) is 0 Å². The summed E-state index contributed by atoms with van der Waals surface area (Å²) in [6.07, 6.45) is 2.40. The van der Waals surface area contributed by atoms with Gasteiger partial charge in [-0.05, 0) is 35.2 Å². The maximum atomic E-state index is 13.6. The number of rotatable bonds is 5. The molecule has 1 heterocycles. The van der Waals surface area contributed by atoms with Gasteiger partial charge in [0, 0.05) is 24.4 Å². The molecule has 1 saturated heterocycles. The molecule has 2 N–H and O–H groups in total. The topological polar surface area (TPSA) is 32.3 Å². The zero-order valence-electron chi connectivity index (χ0n) is 16.8. The lowest BCUT2D eigenvalue weighted by Gasteiger charge is -2.49. The molecule has 4 rings (SSSR count). The van der Waals surface area contributed by atoms with E-state index in [1.54, 1.807) is 12.1 Å². The number of nitrogens with one attached hydrogen (secondary N) is 1. The van der Waals surface area contributed by atoms with Gasteiger partial charge < -0.3 is 10.4 Å². The number of hydrogen-bond acceptors (Lipinski definition) is 2. The molecule has 0 radical (unpaired) electrons. The molecule has 0 saturated carbocycles. The van der Waals surface area contributed by atoms with Crippen molar-refractivity contribution in [2.75, 3.05) is 0 Å². The average Bonchev–Trinajstić information content (AvgIpc) is 2.77. The Labute approximate surface area is 172 Å². The molecule has 0 amide bonds. The van der Waals surface area contributed by atoms with Gasteiger partial charge in [-0.15, -0.1) is 0 Å². The first kappa shape index (κ1) is 19.8. The second-order valence-corrected chi connectivity index (χ2v) is 8.05. The fourth-order valence-corrected chi connectivity index (χ4v) is 4.81. The van der Waals surface area contributed by atoms with Crippen molar-refractivity contribution in [3.8, 4) is 0 Å². The van der Waals surface area contributed by atoms with Crippen molar-refractivity contribution in [2.24, 2.45) is 5.92 Å². The Kier molecular flexibility index (Phi) is 5.79. The summed E-state index contributed by atoms with van der Waals surface area (Å²) in [5.74, 6) is -0.294. The van der Waals surface area contributed by atoms with Crippen molar-refractivity contribution < 1.29 is 9.50 Å². The SMILES string of the molecule is CCC[C@@H]1[C@H](c2ccccc2)N[C@@H](c2ccccc2)C[C@@]1(O)c1ccc(F)cc1. The van der Waals surface area contributed by atoms with Crippen LogP contribution >= 0.6 is 0 Å².